The number of hydrogen-bond donors (Lipinski definition) is 0. The van der Waals surface area contributed by atoms with Gasteiger partial charge in [-0.1, -0.05) is 56.5 Å². The van der Waals surface area contributed by atoms with Crippen LogP contribution in [0.4, 0.5) is 0 Å². The molecule has 1 atom stereocenters. The monoisotopic (exact) mass is 558 g/mol. The van der Waals surface area contributed by atoms with Crippen LogP contribution in [0.25, 0.3) is 21.9 Å². The maximum atomic E-state index is 3.36. The molecule has 0 nitrogen and oxygen atoms in total. The van der Waals surface area contributed by atoms with Crippen LogP contribution < -0.4 is 24.8 Å². The summed E-state index contributed by atoms with van der Waals surface area (Å²) in [7, 11) is 0. The van der Waals surface area contributed by atoms with Gasteiger partial charge in [-0.3, -0.25) is 6.08 Å². The third kappa shape index (κ3) is 8.53. The third-order valence-electron chi connectivity index (χ3n) is 5.73. The summed E-state index contributed by atoms with van der Waals surface area (Å²) in [6.07, 6.45) is 3.36. The number of allylic oxidation sites excluding steroid dienone is 4. The zero-order valence-electron chi connectivity index (χ0n) is 20.5. The Morgan fingerprint density at radius 2 is 1.50 bits per heavy atom. The van der Waals surface area contributed by atoms with Crippen molar-refractivity contribution in [2.45, 2.75) is 54.6 Å². The van der Waals surface area contributed by atoms with E-state index in [-0.39, 0.29) is 30.2 Å². The third-order valence-corrected chi connectivity index (χ3v) is 5.73. The average Bonchev–Trinajstić information content (AvgIpc) is 3.21. The largest absolute Gasteiger partial charge is 1.00 e. The van der Waals surface area contributed by atoms with Crippen LogP contribution in [0.5, 0.6) is 0 Å². The molecule has 0 radical (unpaired) electrons. The summed E-state index contributed by atoms with van der Waals surface area (Å²) in [5.74, 6) is 0.560. The fourth-order valence-electron chi connectivity index (χ4n) is 3.47. The van der Waals surface area contributed by atoms with Crippen molar-refractivity contribution in [2.75, 3.05) is 0 Å². The van der Waals surface area contributed by atoms with E-state index in [1.165, 1.54) is 49.7 Å². The van der Waals surface area contributed by atoms with Gasteiger partial charge in [0.15, 0.2) is 0 Å². The molecule has 0 aromatic heterocycles. The molecule has 0 spiro atoms. The van der Waals surface area contributed by atoms with Gasteiger partial charge in [-0.05, 0) is 25.0 Å². The average molecular weight is 561 g/mol. The second-order valence-electron chi connectivity index (χ2n) is 8.43. The van der Waals surface area contributed by atoms with Crippen LogP contribution in [0, 0.1) is 25.8 Å². The van der Waals surface area contributed by atoms with Gasteiger partial charge in [-0.2, -0.15) is 11.1 Å². The Labute approximate surface area is 223 Å². The fraction of sp³-hybridized carbons (Fsp3) is 0.321. The molecule has 32 heavy (non-hydrogen) atoms. The van der Waals surface area contributed by atoms with Crippen molar-refractivity contribution in [3.63, 3.8) is 0 Å². The van der Waals surface area contributed by atoms with E-state index >= 15 is 0 Å². The first kappa shape index (κ1) is 31.2. The van der Waals surface area contributed by atoms with Crippen LogP contribution in [0.15, 0.2) is 71.3 Å². The van der Waals surface area contributed by atoms with Gasteiger partial charge in [-0.15, -0.1) is 53.6 Å². The van der Waals surface area contributed by atoms with Crippen LogP contribution in [0.2, 0.25) is 13.1 Å². The number of rotatable bonds is 1. The normalized spacial score (nSPS) is 14.3. The predicted molar refractivity (Wildman–Crippen MR) is 132 cm³/mol. The molecule has 0 heterocycles. The maximum Gasteiger partial charge on any atom is -0.0395 e. The Morgan fingerprint density at radius 1 is 0.906 bits per heavy atom. The Bertz CT molecular complexity index is 1100. The molecule has 0 aliphatic heterocycles. The minimum atomic E-state index is 0. The fourth-order valence-corrected chi connectivity index (χ4v) is 3.47. The number of halogens is 2. The molecular formula is C28H34Cl2SiZr-2. The smallest absolute Gasteiger partial charge is 0.0395 e. The zero-order chi connectivity index (χ0) is 22.4. The summed E-state index contributed by atoms with van der Waals surface area (Å²) >= 11 is 1.74. The van der Waals surface area contributed by atoms with E-state index in [1.54, 1.807) is 23.3 Å². The van der Waals surface area contributed by atoms with Gasteiger partial charge in [0.25, 0.3) is 0 Å². The number of hydrogen-bond acceptors (Lipinski definition) is 0. The molecule has 0 saturated heterocycles. The van der Waals surface area contributed by atoms with E-state index in [0.717, 1.165) is 0 Å². The van der Waals surface area contributed by atoms with Crippen molar-refractivity contribution in [1.82, 2.24) is 0 Å². The molecule has 1 aliphatic carbocycles. The molecule has 0 saturated carbocycles. The number of aryl methyl sites for hydroxylation is 2. The van der Waals surface area contributed by atoms with E-state index in [9.17, 15) is 0 Å². The van der Waals surface area contributed by atoms with Crippen LogP contribution in [-0.4, -0.2) is 5.43 Å². The van der Waals surface area contributed by atoms with E-state index in [0.29, 0.717) is 5.92 Å². The van der Waals surface area contributed by atoms with E-state index in [1.807, 2.05) is 0 Å². The molecule has 3 aromatic rings. The Morgan fingerprint density at radius 3 is 1.97 bits per heavy atom. The number of benzene rings is 2. The van der Waals surface area contributed by atoms with Crippen molar-refractivity contribution >= 4 is 16.2 Å². The first-order valence-corrected chi connectivity index (χ1v) is 16.8. The van der Waals surface area contributed by atoms with Crippen molar-refractivity contribution in [1.29, 1.82) is 0 Å². The molecule has 0 amide bonds. The second-order valence-corrected chi connectivity index (χ2v) is 17.8. The Hall–Kier alpha value is -0.790. The first-order valence-electron chi connectivity index (χ1n) is 10.6. The van der Waals surface area contributed by atoms with Gasteiger partial charge < -0.3 is 24.8 Å². The van der Waals surface area contributed by atoms with Crippen molar-refractivity contribution in [3.8, 4) is 11.1 Å². The van der Waals surface area contributed by atoms with E-state index in [2.05, 4.69) is 115 Å². The van der Waals surface area contributed by atoms with Gasteiger partial charge in [-0.25, -0.2) is 5.57 Å². The summed E-state index contributed by atoms with van der Waals surface area (Å²) < 4.78 is 0. The minimum Gasteiger partial charge on any atom is -1.00 e. The predicted octanol–water partition coefficient (Wildman–Crippen LogP) is 2.36. The van der Waals surface area contributed by atoms with Crippen molar-refractivity contribution in [2.24, 2.45) is 5.92 Å². The van der Waals surface area contributed by atoms with E-state index < -0.39 is 0 Å². The van der Waals surface area contributed by atoms with Gasteiger partial charge in [0.1, 0.15) is 0 Å². The van der Waals surface area contributed by atoms with Gasteiger partial charge >= 0.3 is 41.9 Å². The van der Waals surface area contributed by atoms with Crippen LogP contribution in [0.1, 0.15) is 38.8 Å². The number of fused-ring (bicyclic) bond motifs is 1. The summed E-state index contributed by atoms with van der Waals surface area (Å²) in [4.78, 5) is 0. The molecule has 4 rings (SSSR count). The Kier molecular flexibility index (Phi) is 14.1. The summed E-state index contributed by atoms with van der Waals surface area (Å²) in [6, 6.07) is 19.7. The quantitative estimate of drug-likeness (QED) is 0.317. The topological polar surface area (TPSA) is 0 Å². The summed E-state index contributed by atoms with van der Waals surface area (Å²) in [6.45, 7) is 17.6. The standard InChI is InChI=1S/C17H15.C9H13.C2H6Si.2ClH.Zr/c1-12-7-8-15(11-13(12)2)17-10-9-14-5-3-4-6-16(14)17;1-6-5-7(2)9(4)8(6)3;1-3-2;;;/h3-11H,1-2H3;6H,1-4H3;1-2H3;2*1H;/q2*-1;;;;+2/p-2. The molecule has 0 bridgehead atoms. The van der Waals surface area contributed by atoms with Gasteiger partial charge in [0, 0.05) is 0 Å². The molecule has 1 unspecified atom stereocenters. The molecule has 4 heteroatoms. The molecule has 1 aliphatic rings. The second kappa shape index (κ2) is 14.5. The molecule has 0 N–H and O–H groups in total. The SMILES string of the molecule is CC1=[C-]C(C)C(C)=C1C.C[Si](C)=[Zr+2].Cc1ccc(-c2c[cH-]c3ccccc23)cc1C.[Cl-].[Cl-]. The Balaban J connectivity index is 0.000000547. The van der Waals surface area contributed by atoms with Crippen molar-refractivity contribution in [3.05, 3.63) is 88.5 Å². The molecular weight excluding hydrogens is 527 g/mol. The minimum absolute atomic E-state index is 0. The first-order chi connectivity index (χ1) is 14.1. The van der Waals surface area contributed by atoms with Crippen LogP contribution in [-0.2, 0) is 23.3 Å². The summed E-state index contributed by atoms with van der Waals surface area (Å²) in [5, 5.41) is 2.66. The van der Waals surface area contributed by atoms with Gasteiger partial charge in [0.05, 0.1) is 0 Å². The van der Waals surface area contributed by atoms with Crippen LogP contribution >= 0.6 is 0 Å². The van der Waals surface area contributed by atoms with Crippen LogP contribution in [0.3, 0.4) is 0 Å². The maximum absolute atomic E-state index is 3.36. The van der Waals surface area contributed by atoms with Gasteiger partial charge in [0.2, 0.25) is 0 Å². The molecule has 170 valence electrons. The van der Waals surface area contributed by atoms with Crippen molar-refractivity contribution < 1.29 is 48.1 Å². The molecule has 3 aromatic carbocycles. The summed E-state index contributed by atoms with van der Waals surface area (Å²) in [5.41, 5.74) is 9.81. The zero-order valence-corrected chi connectivity index (χ0v) is 25.5. The van der Waals surface area contributed by atoms with E-state index in [4.69, 9.17) is 0 Å². The molecule has 0 fully saturated rings.